The second kappa shape index (κ2) is 7.75. The van der Waals surface area contributed by atoms with Crippen molar-refractivity contribution in [3.8, 4) is 0 Å². The fraction of sp³-hybridized carbons (Fsp3) is 0.278. The molecule has 128 valence electrons. The van der Waals surface area contributed by atoms with Crippen LogP contribution in [0.3, 0.4) is 0 Å². The number of rotatable bonds is 5. The molecule has 0 aliphatic heterocycles. The summed E-state index contributed by atoms with van der Waals surface area (Å²) in [6.07, 6.45) is 3.02. The van der Waals surface area contributed by atoms with Crippen molar-refractivity contribution in [2.45, 2.75) is 19.1 Å². The zero-order chi connectivity index (χ0) is 16.4. The average molecular weight is 350 g/mol. The van der Waals surface area contributed by atoms with Gasteiger partial charge in [0, 0.05) is 23.8 Å². The maximum atomic E-state index is 13.7. The van der Waals surface area contributed by atoms with Gasteiger partial charge in [0.05, 0.1) is 23.9 Å². The second-order valence-electron chi connectivity index (χ2n) is 5.73. The Hall–Kier alpha value is -1.95. The molecule has 1 aromatic carbocycles. The van der Waals surface area contributed by atoms with E-state index in [0.29, 0.717) is 6.54 Å². The lowest BCUT2D eigenvalue weighted by atomic mass is 10.0. The van der Waals surface area contributed by atoms with Gasteiger partial charge in [-0.05, 0) is 43.8 Å². The van der Waals surface area contributed by atoms with Gasteiger partial charge in [0.25, 0.3) is 0 Å². The van der Waals surface area contributed by atoms with Gasteiger partial charge in [-0.2, -0.15) is 0 Å². The minimum atomic E-state index is -0.696. The van der Waals surface area contributed by atoms with Gasteiger partial charge in [0.2, 0.25) is 0 Å². The summed E-state index contributed by atoms with van der Waals surface area (Å²) in [6, 6.07) is 9.97. The Balaban J connectivity index is 0.00000208. The Kier molecular flexibility index (Phi) is 5.94. The number of nitrogens with zero attached hydrogens (tertiary/aromatic N) is 2. The summed E-state index contributed by atoms with van der Waals surface area (Å²) in [5.41, 5.74) is 2.58. The molecule has 2 atom stereocenters. The van der Waals surface area contributed by atoms with E-state index in [1.807, 2.05) is 35.9 Å². The molecule has 24 heavy (non-hydrogen) atoms. The molecule has 0 amide bonds. The topological polar surface area (TPSA) is 50.1 Å². The van der Waals surface area contributed by atoms with Crippen LogP contribution in [0.4, 0.5) is 4.39 Å². The first-order valence-corrected chi connectivity index (χ1v) is 7.61. The minimum absolute atomic E-state index is 0. The van der Waals surface area contributed by atoms with Crippen molar-refractivity contribution in [2.75, 3.05) is 13.6 Å². The van der Waals surface area contributed by atoms with E-state index in [4.69, 9.17) is 0 Å². The predicted octanol–water partition coefficient (Wildman–Crippen LogP) is 3.08. The molecule has 0 fully saturated rings. The van der Waals surface area contributed by atoms with Crippen molar-refractivity contribution in [1.82, 2.24) is 14.9 Å². The lowest BCUT2D eigenvalue weighted by Crippen LogP contribution is -2.33. The van der Waals surface area contributed by atoms with Crippen LogP contribution in [0.2, 0.25) is 0 Å². The van der Waals surface area contributed by atoms with Gasteiger partial charge in [-0.25, -0.2) is 4.39 Å². The highest BCUT2D eigenvalue weighted by atomic mass is 35.5. The Bertz CT molecular complexity index is 821. The molecule has 3 rings (SSSR count). The van der Waals surface area contributed by atoms with Crippen LogP contribution in [0, 0.1) is 12.7 Å². The van der Waals surface area contributed by atoms with Gasteiger partial charge in [0.15, 0.2) is 0 Å². The third-order valence-corrected chi connectivity index (χ3v) is 4.01. The number of hydrogen-bond donors (Lipinski definition) is 2. The standard InChI is InChI=1S/C18H20FN3O.ClH/c1-12-8-13-6-7-22(16(13)10-21-12)18(17(23)11-20-2)14-4-3-5-15(19)9-14;/h3-10,17-18,20,23H,11H2,1-2H3;1H/t17-,18+;/m1./s1. The molecule has 0 bridgehead atoms. The summed E-state index contributed by atoms with van der Waals surface area (Å²) in [5, 5.41) is 14.6. The first kappa shape index (κ1) is 18.4. The molecule has 4 nitrogen and oxygen atoms in total. The average Bonchev–Trinajstić information content (AvgIpc) is 2.91. The number of aryl methyl sites for hydroxylation is 1. The predicted molar refractivity (Wildman–Crippen MR) is 96.2 cm³/mol. The molecular weight excluding hydrogens is 329 g/mol. The Morgan fingerprint density at radius 3 is 2.79 bits per heavy atom. The number of fused-ring (bicyclic) bond motifs is 1. The zero-order valence-electron chi connectivity index (χ0n) is 13.6. The minimum Gasteiger partial charge on any atom is -0.389 e. The number of aromatic nitrogens is 2. The molecule has 2 N–H and O–H groups in total. The molecule has 3 aromatic rings. The Morgan fingerprint density at radius 1 is 1.29 bits per heavy atom. The molecule has 0 aliphatic rings. The quantitative estimate of drug-likeness (QED) is 0.744. The molecule has 0 saturated carbocycles. The van der Waals surface area contributed by atoms with Crippen LogP contribution in [-0.2, 0) is 0 Å². The van der Waals surface area contributed by atoms with E-state index in [9.17, 15) is 9.50 Å². The summed E-state index contributed by atoms with van der Waals surface area (Å²) in [7, 11) is 1.78. The van der Waals surface area contributed by atoms with E-state index in [2.05, 4.69) is 10.3 Å². The van der Waals surface area contributed by atoms with Gasteiger partial charge >= 0.3 is 0 Å². The highest BCUT2D eigenvalue weighted by Gasteiger charge is 2.24. The summed E-state index contributed by atoms with van der Waals surface area (Å²) < 4.78 is 15.6. The van der Waals surface area contributed by atoms with Crippen molar-refractivity contribution in [2.24, 2.45) is 0 Å². The van der Waals surface area contributed by atoms with Crippen molar-refractivity contribution in [3.05, 3.63) is 65.9 Å². The highest BCUT2D eigenvalue weighted by molar-refractivity contribution is 5.85. The highest BCUT2D eigenvalue weighted by Crippen LogP contribution is 2.28. The van der Waals surface area contributed by atoms with Gasteiger partial charge in [-0.1, -0.05) is 12.1 Å². The lowest BCUT2D eigenvalue weighted by molar-refractivity contribution is 0.132. The number of benzene rings is 1. The fourth-order valence-corrected chi connectivity index (χ4v) is 2.99. The van der Waals surface area contributed by atoms with Crippen molar-refractivity contribution in [3.63, 3.8) is 0 Å². The molecule has 0 aliphatic carbocycles. The van der Waals surface area contributed by atoms with E-state index in [1.54, 1.807) is 19.3 Å². The normalized spacial score (nSPS) is 13.5. The molecular formula is C18H21ClFN3O. The fourth-order valence-electron chi connectivity index (χ4n) is 2.99. The molecule has 2 heterocycles. The van der Waals surface area contributed by atoms with Crippen LogP contribution in [0.1, 0.15) is 17.3 Å². The first-order valence-electron chi connectivity index (χ1n) is 7.61. The van der Waals surface area contributed by atoms with Crippen LogP contribution in [0.5, 0.6) is 0 Å². The Morgan fingerprint density at radius 2 is 2.08 bits per heavy atom. The SMILES string of the molecule is CNC[C@@H](O)[C@H](c1cccc(F)c1)n1ccc2cc(C)ncc21.Cl. The lowest BCUT2D eigenvalue weighted by Gasteiger charge is -2.26. The van der Waals surface area contributed by atoms with Crippen molar-refractivity contribution in [1.29, 1.82) is 0 Å². The van der Waals surface area contributed by atoms with Crippen LogP contribution in [0.25, 0.3) is 10.9 Å². The van der Waals surface area contributed by atoms with Crippen molar-refractivity contribution >= 4 is 23.3 Å². The van der Waals surface area contributed by atoms with Crippen LogP contribution in [0.15, 0.2) is 48.8 Å². The van der Waals surface area contributed by atoms with Crippen LogP contribution < -0.4 is 5.32 Å². The number of pyridine rings is 1. The van der Waals surface area contributed by atoms with Crippen LogP contribution >= 0.6 is 12.4 Å². The smallest absolute Gasteiger partial charge is 0.123 e. The van der Waals surface area contributed by atoms with E-state index in [1.165, 1.54) is 12.1 Å². The second-order valence-corrected chi connectivity index (χ2v) is 5.73. The summed E-state index contributed by atoms with van der Waals surface area (Å²) in [5.74, 6) is -0.311. The molecule has 6 heteroatoms. The van der Waals surface area contributed by atoms with Crippen molar-refractivity contribution < 1.29 is 9.50 Å². The maximum absolute atomic E-state index is 13.7. The molecule has 0 saturated heterocycles. The number of aliphatic hydroxyl groups excluding tert-OH is 1. The van der Waals surface area contributed by atoms with E-state index in [-0.39, 0.29) is 24.3 Å². The maximum Gasteiger partial charge on any atom is 0.123 e. The third-order valence-electron chi connectivity index (χ3n) is 4.01. The summed E-state index contributed by atoms with van der Waals surface area (Å²) in [4.78, 5) is 4.35. The van der Waals surface area contributed by atoms with Gasteiger partial charge in [-0.15, -0.1) is 12.4 Å². The number of nitrogens with one attached hydrogen (secondary N) is 1. The molecule has 2 aromatic heterocycles. The van der Waals surface area contributed by atoms with E-state index >= 15 is 0 Å². The molecule has 0 radical (unpaired) electrons. The molecule has 0 unspecified atom stereocenters. The van der Waals surface area contributed by atoms with Crippen LogP contribution in [-0.4, -0.2) is 34.4 Å². The number of likely N-dealkylation sites (N-methyl/N-ethyl adjacent to an activating group) is 1. The number of halogens is 2. The molecule has 0 spiro atoms. The summed E-state index contributed by atoms with van der Waals surface area (Å²) in [6.45, 7) is 2.34. The number of hydrogen-bond acceptors (Lipinski definition) is 3. The van der Waals surface area contributed by atoms with Gasteiger partial charge < -0.3 is 15.0 Å². The largest absolute Gasteiger partial charge is 0.389 e. The van der Waals surface area contributed by atoms with E-state index in [0.717, 1.165) is 22.2 Å². The van der Waals surface area contributed by atoms with Gasteiger partial charge in [-0.3, -0.25) is 4.98 Å². The number of aliphatic hydroxyl groups is 1. The third kappa shape index (κ3) is 3.59. The monoisotopic (exact) mass is 349 g/mol. The van der Waals surface area contributed by atoms with Gasteiger partial charge in [0.1, 0.15) is 5.82 Å². The Labute approximate surface area is 146 Å². The zero-order valence-corrected chi connectivity index (χ0v) is 14.4. The first-order chi connectivity index (χ1) is 11.1. The van der Waals surface area contributed by atoms with E-state index < -0.39 is 6.10 Å². The summed E-state index contributed by atoms with van der Waals surface area (Å²) >= 11 is 0.